The molecule has 0 N–H and O–H groups in total. The van der Waals surface area contributed by atoms with Crippen molar-refractivity contribution in [3.63, 3.8) is 0 Å². The average molecular weight is 278 g/mol. The number of rotatable bonds is 1. The van der Waals surface area contributed by atoms with Gasteiger partial charge in [0.2, 0.25) is 0 Å². The van der Waals surface area contributed by atoms with Crippen LogP contribution in [-0.4, -0.2) is 8.07 Å². The van der Waals surface area contributed by atoms with E-state index in [4.69, 9.17) is 0 Å². The first kappa shape index (κ1) is 14.6. The Kier molecular flexibility index (Phi) is 4.16. The third-order valence-electron chi connectivity index (χ3n) is 3.61. The molecule has 102 valence electrons. The maximum Gasteiger partial charge on any atom is 0.0775 e. The molecular formula is C19H22Si. The summed E-state index contributed by atoms with van der Waals surface area (Å²) in [6, 6.07) is 15.1. The minimum absolute atomic E-state index is 1.09. The Bertz CT molecular complexity index is 662. The van der Waals surface area contributed by atoms with E-state index in [9.17, 15) is 0 Å². The lowest BCUT2D eigenvalue weighted by atomic mass is 10.1. The minimum atomic E-state index is -1.21. The first-order valence-electron chi connectivity index (χ1n) is 7.06. The summed E-state index contributed by atoms with van der Waals surface area (Å²) in [7, 11) is -1.21. The van der Waals surface area contributed by atoms with Gasteiger partial charge in [-0.3, -0.25) is 0 Å². The van der Waals surface area contributed by atoms with Crippen LogP contribution in [0.5, 0.6) is 0 Å². The monoisotopic (exact) mass is 278 g/mol. The molecule has 0 aliphatic rings. The molecule has 0 aliphatic carbocycles. The van der Waals surface area contributed by atoms with Gasteiger partial charge in [0.05, 0.1) is 8.07 Å². The fourth-order valence-electron chi connectivity index (χ4n) is 2.02. The zero-order valence-electron chi connectivity index (χ0n) is 13.0. The van der Waals surface area contributed by atoms with Gasteiger partial charge in [-0.15, -0.1) is 0 Å². The van der Waals surface area contributed by atoms with Crippen molar-refractivity contribution in [2.24, 2.45) is 0 Å². The van der Waals surface area contributed by atoms with Gasteiger partial charge in [-0.1, -0.05) is 54.9 Å². The zero-order chi connectivity index (χ0) is 14.8. The van der Waals surface area contributed by atoms with Gasteiger partial charge in [0.25, 0.3) is 0 Å². The molecule has 1 heteroatoms. The summed E-state index contributed by atoms with van der Waals surface area (Å²) in [5.41, 5.74) is 4.79. The lowest BCUT2D eigenvalue weighted by Crippen LogP contribution is -2.37. The predicted octanol–water partition coefficient (Wildman–Crippen LogP) is 4.25. The topological polar surface area (TPSA) is 0 Å². The van der Waals surface area contributed by atoms with E-state index in [0.29, 0.717) is 0 Å². The lowest BCUT2D eigenvalue weighted by molar-refractivity contribution is 1.33. The second-order valence-electron chi connectivity index (χ2n) is 6.38. The van der Waals surface area contributed by atoms with Crippen molar-refractivity contribution in [2.45, 2.75) is 33.5 Å². The summed E-state index contributed by atoms with van der Waals surface area (Å²) in [5, 5.41) is 1.48. The van der Waals surface area contributed by atoms with E-state index in [1.54, 1.807) is 0 Å². The molecule has 0 aromatic heterocycles. The van der Waals surface area contributed by atoms with Crippen molar-refractivity contribution in [1.29, 1.82) is 0 Å². The van der Waals surface area contributed by atoms with Crippen molar-refractivity contribution in [3.05, 3.63) is 64.7 Å². The minimum Gasteiger partial charge on any atom is -0.0656 e. The molecule has 0 amide bonds. The molecule has 0 heterocycles. The molecule has 0 aliphatic heterocycles. The van der Waals surface area contributed by atoms with Crippen LogP contribution >= 0.6 is 0 Å². The Hall–Kier alpha value is -1.78. The molecule has 0 saturated carbocycles. The van der Waals surface area contributed by atoms with Crippen LogP contribution in [0.25, 0.3) is 0 Å². The van der Waals surface area contributed by atoms with Crippen molar-refractivity contribution < 1.29 is 0 Å². The number of benzene rings is 2. The van der Waals surface area contributed by atoms with Crippen LogP contribution in [0.3, 0.4) is 0 Å². The van der Waals surface area contributed by atoms with E-state index >= 15 is 0 Å². The average Bonchev–Trinajstić information content (AvgIpc) is 2.40. The standard InChI is InChI=1S/C19H22Si/c1-15-6-7-18(14-16(15)2)9-8-17-10-12-19(13-11-17)20(3,4)5/h6-7,10-14H,1-5H3. The first-order valence-corrected chi connectivity index (χ1v) is 10.6. The highest BCUT2D eigenvalue weighted by Gasteiger charge is 2.15. The van der Waals surface area contributed by atoms with Crippen molar-refractivity contribution in [3.8, 4) is 11.8 Å². The molecule has 2 aromatic rings. The van der Waals surface area contributed by atoms with Crippen LogP contribution in [0.15, 0.2) is 42.5 Å². The first-order chi connectivity index (χ1) is 9.36. The van der Waals surface area contributed by atoms with E-state index in [-0.39, 0.29) is 0 Å². The third kappa shape index (κ3) is 3.62. The zero-order valence-corrected chi connectivity index (χ0v) is 14.0. The predicted molar refractivity (Wildman–Crippen MR) is 91.3 cm³/mol. The van der Waals surface area contributed by atoms with E-state index in [1.807, 2.05) is 0 Å². The molecule has 20 heavy (non-hydrogen) atoms. The Morgan fingerprint density at radius 3 is 1.80 bits per heavy atom. The second-order valence-corrected chi connectivity index (χ2v) is 11.5. The summed E-state index contributed by atoms with van der Waals surface area (Å²) in [5.74, 6) is 6.50. The molecule has 0 bridgehead atoms. The maximum absolute atomic E-state index is 3.25. The van der Waals surface area contributed by atoms with Crippen LogP contribution < -0.4 is 5.19 Å². The van der Waals surface area contributed by atoms with Crippen molar-refractivity contribution >= 4 is 13.3 Å². The smallest absolute Gasteiger partial charge is 0.0656 e. The van der Waals surface area contributed by atoms with E-state index in [0.717, 1.165) is 11.1 Å². The Morgan fingerprint density at radius 1 is 0.700 bits per heavy atom. The quantitative estimate of drug-likeness (QED) is 0.540. The van der Waals surface area contributed by atoms with Gasteiger partial charge in [0, 0.05) is 11.1 Å². The Morgan fingerprint density at radius 2 is 1.25 bits per heavy atom. The van der Waals surface area contributed by atoms with Crippen LogP contribution in [0.4, 0.5) is 0 Å². The van der Waals surface area contributed by atoms with Gasteiger partial charge >= 0.3 is 0 Å². The van der Waals surface area contributed by atoms with Crippen LogP contribution in [0.1, 0.15) is 22.3 Å². The SMILES string of the molecule is Cc1ccc(C#Cc2ccc([Si](C)(C)C)cc2)cc1C. The Balaban J connectivity index is 2.22. The lowest BCUT2D eigenvalue weighted by Gasteiger charge is -2.15. The number of aryl methyl sites for hydroxylation is 2. The molecule has 0 spiro atoms. The summed E-state index contributed by atoms with van der Waals surface area (Å²) in [4.78, 5) is 0. The van der Waals surface area contributed by atoms with Gasteiger partial charge in [0.15, 0.2) is 0 Å². The van der Waals surface area contributed by atoms with Gasteiger partial charge < -0.3 is 0 Å². The fourth-order valence-corrected chi connectivity index (χ4v) is 3.18. The molecule has 0 nitrogen and oxygen atoms in total. The van der Waals surface area contributed by atoms with E-state index < -0.39 is 8.07 Å². The highest BCUT2D eigenvalue weighted by molar-refractivity contribution is 6.88. The van der Waals surface area contributed by atoms with Crippen LogP contribution in [0.2, 0.25) is 19.6 Å². The molecular weight excluding hydrogens is 256 g/mol. The maximum atomic E-state index is 3.25. The van der Waals surface area contributed by atoms with Gasteiger partial charge in [-0.25, -0.2) is 0 Å². The molecule has 0 saturated heterocycles. The molecule has 0 atom stereocenters. The molecule has 2 rings (SSSR count). The normalized spacial score (nSPS) is 10.8. The summed E-state index contributed by atoms with van der Waals surface area (Å²) >= 11 is 0. The van der Waals surface area contributed by atoms with Gasteiger partial charge in [-0.2, -0.15) is 0 Å². The number of hydrogen-bond donors (Lipinski definition) is 0. The summed E-state index contributed by atoms with van der Waals surface area (Å²) in [6.07, 6.45) is 0. The van der Waals surface area contributed by atoms with Crippen LogP contribution in [-0.2, 0) is 0 Å². The van der Waals surface area contributed by atoms with Crippen molar-refractivity contribution in [1.82, 2.24) is 0 Å². The number of hydrogen-bond acceptors (Lipinski definition) is 0. The highest BCUT2D eigenvalue weighted by atomic mass is 28.3. The fraction of sp³-hybridized carbons (Fsp3) is 0.263. The highest BCUT2D eigenvalue weighted by Crippen LogP contribution is 2.09. The molecule has 0 unspecified atom stereocenters. The summed E-state index contributed by atoms with van der Waals surface area (Å²) < 4.78 is 0. The van der Waals surface area contributed by atoms with E-state index in [2.05, 4.69) is 87.8 Å². The molecule has 2 aromatic carbocycles. The van der Waals surface area contributed by atoms with Gasteiger partial charge in [-0.05, 0) is 49.2 Å². The summed E-state index contributed by atoms with van der Waals surface area (Å²) in [6.45, 7) is 11.3. The van der Waals surface area contributed by atoms with Crippen LogP contribution in [0, 0.1) is 25.7 Å². The third-order valence-corrected chi connectivity index (χ3v) is 5.67. The largest absolute Gasteiger partial charge is 0.0775 e. The van der Waals surface area contributed by atoms with Gasteiger partial charge in [0.1, 0.15) is 0 Å². The van der Waals surface area contributed by atoms with E-state index in [1.165, 1.54) is 16.3 Å². The van der Waals surface area contributed by atoms with Crippen molar-refractivity contribution in [2.75, 3.05) is 0 Å². The second kappa shape index (κ2) is 5.69. The Labute approximate surface area is 123 Å². The molecule has 0 radical (unpaired) electrons. The molecule has 0 fully saturated rings.